The number of hydrogen-bond donors (Lipinski definition) is 0. The normalized spacial score (nSPS) is 18.1. The molecule has 0 spiro atoms. The molecule has 0 N–H and O–H groups in total. The molecule has 2 aromatic rings. The van der Waals surface area contributed by atoms with Crippen molar-refractivity contribution >= 4 is 0 Å². The van der Waals surface area contributed by atoms with E-state index in [0.29, 0.717) is 5.92 Å². The highest BCUT2D eigenvalue weighted by atomic mass is 14.5. The molecule has 0 bridgehead atoms. The molecule has 0 saturated heterocycles. The Kier molecular flexibility index (Phi) is 4.02. The summed E-state index contributed by atoms with van der Waals surface area (Å²) in [6.07, 6.45) is 6.85. The third kappa shape index (κ3) is 2.47. The summed E-state index contributed by atoms with van der Waals surface area (Å²) >= 11 is 0. The van der Waals surface area contributed by atoms with Crippen LogP contribution in [0.5, 0.6) is 0 Å². The quantitative estimate of drug-likeness (QED) is 0.637. The highest BCUT2D eigenvalue weighted by Gasteiger charge is 2.50. The number of hydrogen-bond acceptors (Lipinski definition) is 0. The minimum atomic E-state index is -0.0803. The molecule has 0 heteroatoms. The predicted molar refractivity (Wildman–Crippen MR) is 99.5 cm³/mol. The van der Waals surface area contributed by atoms with E-state index in [-0.39, 0.29) is 10.8 Å². The van der Waals surface area contributed by atoms with Gasteiger partial charge in [-0.05, 0) is 23.5 Å². The van der Waals surface area contributed by atoms with E-state index in [1.165, 1.54) is 16.7 Å². The van der Waals surface area contributed by atoms with Crippen molar-refractivity contribution in [1.29, 1.82) is 0 Å². The zero-order valence-electron chi connectivity index (χ0n) is 14.6. The molecule has 0 aromatic heterocycles. The van der Waals surface area contributed by atoms with Gasteiger partial charge < -0.3 is 0 Å². The molecule has 23 heavy (non-hydrogen) atoms. The van der Waals surface area contributed by atoms with E-state index in [4.69, 9.17) is 0 Å². The Hall–Kier alpha value is -2.08. The van der Waals surface area contributed by atoms with Gasteiger partial charge in [-0.3, -0.25) is 0 Å². The highest BCUT2D eigenvalue weighted by Crippen LogP contribution is 2.55. The largest absolute Gasteiger partial charge is 0.0761 e. The van der Waals surface area contributed by atoms with Gasteiger partial charge in [0.25, 0.3) is 0 Å². The van der Waals surface area contributed by atoms with E-state index in [2.05, 4.69) is 107 Å². The van der Waals surface area contributed by atoms with Gasteiger partial charge in [-0.15, -0.1) is 0 Å². The molecule has 118 valence electrons. The number of allylic oxidation sites excluding steroid dienone is 4. The van der Waals surface area contributed by atoms with Crippen LogP contribution in [0.4, 0.5) is 0 Å². The smallest absolute Gasteiger partial charge is 0.0351 e. The monoisotopic (exact) mass is 302 g/mol. The maximum absolute atomic E-state index is 2.38. The average Bonchev–Trinajstić information content (AvgIpc) is 2.95. The van der Waals surface area contributed by atoms with Gasteiger partial charge in [0.2, 0.25) is 0 Å². The van der Waals surface area contributed by atoms with Gasteiger partial charge in [-0.2, -0.15) is 0 Å². The van der Waals surface area contributed by atoms with Gasteiger partial charge in [0.1, 0.15) is 0 Å². The van der Waals surface area contributed by atoms with Crippen LogP contribution in [-0.2, 0) is 5.41 Å². The summed E-state index contributed by atoms with van der Waals surface area (Å²) in [4.78, 5) is 0. The number of rotatable bonds is 3. The Balaban J connectivity index is 2.36. The minimum absolute atomic E-state index is 0.0736. The maximum atomic E-state index is 2.38. The van der Waals surface area contributed by atoms with E-state index in [1.807, 2.05) is 0 Å². The fourth-order valence-corrected chi connectivity index (χ4v) is 4.32. The van der Waals surface area contributed by atoms with Crippen LogP contribution in [-0.4, -0.2) is 0 Å². The Morgan fingerprint density at radius 1 is 0.739 bits per heavy atom. The first-order valence-corrected chi connectivity index (χ1v) is 8.44. The molecule has 1 aliphatic rings. The summed E-state index contributed by atoms with van der Waals surface area (Å²) in [5, 5.41) is 0. The van der Waals surface area contributed by atoms with Crippen molar-refractivity contribution in [3.63, 3.8) is 0 Å². The Bertz CT molecular complexity index is 672. The molecule has 0 aliphatic heterocycles. The van der Waals surface area contributed by atoms with Crippen molar-refractivity contribution in [2.75, 3.05) is 0 Å². The second-order valence-corrected chi connectivity index (χ2v) is 7.56. The Morgan fingerprint density at radius 3 is 1.57 bits per heavy atom. The van der Waals surface area contributed by atoms with E-state index >= 15 is 0 Å². The van der Waals surface area contributed by atoms with E-state index in [9.17, 15) is 0 Å². The van der Waals surface area contributed by atoms with Crippen LogP contribution in [0.2, 0.25) is 0 Å². The molecule has 2 aromatic carbocycles. The first-order chi connectivity index (χ1) is 11.0. The van der Waals surface area contributed by atoms with Crippen LogP contribution in [0.15, 0.2) is 84.5 Å². The Labute approximate surface area is 140 Å². The fourth-order valence-electron chi connectivity index (χ4n) is 4.32. The van der Waals surface area contributed by atoms with Crippen molar-refractivity contribution in [3.05, 3.63) is 95.6 Å². The third-order valence-electron chi connectivity index (χ3n) is 5.26. The first kappa shape index (κ1) is 15.8. The summed E-state index contributed by atoms with van der Waals surface area (Å²) < 4.78 is 0. The van der Waals surface area contributed by atoms with Gasteiger partial charge in [0, 0.05) is 11.3 Å². The molecule has 0 amide bonds. The maximum Gasteiger partial charge on any atom is 0.0351 e. The van der Waals surface area contributed by atoms with Crippen LogP contribution in [0.25, 0.3) is 0 Å². The fraction of sp³-hybridized carbons (Fsp3) is 0.304. The third-order valence-corrected chi connectivity index (χ3v) is 5.26. The SMILES string of the molecule is CC1=CC=CC1C(c1ccccc1)(c1ccccc1)C(C)(C)C. The van der Waals surface area contributed by atoms with E-state index in [0.717, 1.165) is 0 Å². The van der Waals surface area contributed by atoms with Gasteiger partial charge in [0.15, 0.2) is 0 Å². The summed E-state index contributed by atoms with van der Waals surface area (Å²) in [7, 11) is 0. The second-order valence-electron chi connectivity index (χ2n) is 7.56. The number of benzene rings is 2. The minimum Gasteiger partial charge on any atom is -0.0761 e. The highest BCUT2D eigenvalue weighted by molar-refractivity contribution is 5.49. The van der Waals surface area contributed by atoms with Crippen LogP contribution in [0, 0.1) is 11.3 Å². The molecule has 0 saturated carbocycles. The van der Waals surface area contributed by atoms with Gasteiger partial charge in [-0.1, -0.05) is 105 Å². The van der Waals surface area contributed by atoms with Gasteiger partial charge in [-0.25, -0.2) is 0 Å². The standard InChI is InChI=1S/C23H26/c1-18-12-11-17-21(18)23(22(2,3)4,19-13-7-5-8-14-19)20-15-9-6-10-16-20/h5-17,21H,1-4H3. The molecule has 0 radical (unpaired) electrons. The summed E-state index contributed by atoms with van der Waals surface area (Å²) in [5.41, 5.74) is 4.21. The van der Waals surface area contributed by atoms with Crippen LogP contribution >= 0.6 is 0 Å². The summed E-state index contributed by atoms with van der Waals surface area (Å²) in [6, 6.07) is 22.0. The van der Waals surface area contributed by atoms with Gasteiger partial charge >= 0.3 is 0 Å². The van der Waals surface area contributed by atoms with Crippen LogP contribution in [0.1, 0.15) is 38.8 Å². The van der Waals surface area contributed by atoms with Crippen molar-refractivity contribution in [1.82, 2.24) is 0 Å². The van der Waals surface area contributed by atoms with Gasteiger partial charge in [0.05, 0.1) is 0 Å². The van der Waals surface area contributed by atoms with Crippen LogP contribution < -0.4 is 0 Å². The molecule has 1 unspecified atom stereocenters. The van der Waals surface area contributed by atoms with E-state index < -0.39 is 0 Å². The van der Waals surface area contributed by atoms with Crippen LogP contribution in [0.3, 0.4) is 0 Å². The molecule has 1 aliphatic carbocycles. The molecule has 3 rings (SSSR count). The second kappa shape index (κ2) is 5.85. The van der Waals surface area contributed by atoms with E-state index in [1.54, 1.807) is 0 Å². The lowest BCUT2D eigenvalue weighted by Crippen LogP contribution is -2.47. The molecule has 0 heterocycles. The molecular formula is C23H26. The molecular weight excluding hydrogens is 276 g/mol. The molecule has 1 atom stereocenters. The van der Waals surface area contributed by atoms with Crippen molar-refractivity contribution in [3.8, 4) is 0 Å². The first-order valence-electron chi connectivity index (χ1n) is 8.44. The van der Waals surface area contributed by atoms with Crippen molar-refractivity contribution in [2.45, 2.75) is 33.1 Å². The topological polar surface area (TPSA) is 0 Å². The molecule has 0 nitrogen and oxygen atoms in total. The zero-order valence-corrected chi connectivity index (χ0v) is 14.6. The lowest BCUT2D eigenvalue weighted by Gasteiger charge is -2.50. The summed E-state index contributed by atoms with van der Waals surface area (Å²) in [6.45, 7) is 9.36. The van der Waals surface area contributed by atoms with Crippen molar-refractivity contribution < 1.29 is 0 Å². The Morgan fingerprint density at radius 2 is 1.22 bits per heavy atom. The predicted octanol–water partition coefficient (Wildman–Crippen LogP) is 6.15. The zero-order chi connectivity index (χ0) is 16.5. The summed E-state index contributed by atoms with van der Waals surface area (Å²) in [5.74, 6) is 0.382. The molecule has 0 fully saturated rings. The lowest BCUT2D eigenvalue weighted by atomic mass is 9.52. The van der Waals surface area contributed by atoms with Crippen molar-refractivity contribution in [2.24, 2.45) is 11.3 Å². The average molecular weight is 302 g/mol. The lowest BCUT2D eigenvalue weighted by molar-refractivity contribution is 0.190.